The molecule has 0 fully saturated rings. The van der Waals surface area contributed by atoms with E-state index >= 15 is 0 Å². The molecule has 0 saturated heterocycles. The van der Waals surface area contributed by atoms with Crippen LogP contribution in [0.15, 0.2) is 50.9 Å². The van der Waals surface area contributed by atoms with E-state index in [-0.39, 0.29) is 34.1 Å². The van der Waals surface area contributed by atoms with Crippen molar-refractivity contribution in [2.24, 2.45) is 7.05 Å². The van der Waals surface area contributed by atoms with Gasteiger partial charge in [-0.3, -0.25) is 14.3 Å². The van der Waals surface area contributed by atoms with Crippen LogP contribution in [-0.4, -0.2) is 35.8 Å². The highest BCUT2D eigenvalue weighted by Gasteiger charge is 2.23. The lowest BCUT2D eigenvalue weighted by atomic mass is 10.1. The van der Waals surface area contributed by atoms with Gasteiger partial charge in [0.2, 0.25) is 0 Å². The normalized spacial score (nSPS) is 11.4. The van der Waals surface area contributed by atoms with Crippen LogP contribution >= 0.6 is 22.9 Å². The number of nitrogens with zero attached hydrogens (tertiary/aromatic N) is 7. The minimum Gasteiger partial charge on any atom is -0.494 e. The fraction of sp³-hybridized carbons (Fsp3) is 0.185. The summed E-state index contributed by atoms with van der Waals surface area (Å²) in [7, 11) is 3.07. The second-order valence-electron chi connectivity index (χ2n) is 9.05. The fourth-order valence-electron chi connectivity index (χ4n) is 4.76. The Labute approximate surface area is 239 Å². The summed E-state index contributed by atoms with van der Waals surface area (Å²) in [6, 6.07) is 6.25. The zero-order valence-corrected chi connectivity index (χ0v) is 23.4. The van der Waals surface area contributed by atoms with Crippen LogP contribution < -0.4 is 16.0 Å². The van der Waals surface area contributed by atoms with Crippen LogP contribution in [0.5, 0.6) is 5.75 Å². The van der Waals surface area contributed by atoms with E-state index < -0.39 is 17.1 Å². The van der Waals surface area contributed by atoms with Gasteiger partial charge in [0.15, 0.2) is 23.3 Å². The van der Waals surface area contributed by atoms with Gasteiger partial charge >= 0.3 is 5.69 Å². The molecule has 5 heterocycles. The van der Waals surface area contributed by atoms with E-state index in [9.17, 15) is 19.2 Å². The number of fused-ring (bicyclic) bond motifs is 2. The van der Waals surface area contributed by atoms with Crippen molar-refractivity contribution < 1.29 is 13.5 Å². The van der Waals surface area contributed by atoms with Crippen LogP contribution in [0.3, 0.4) is 0 Å². The molecular weight excluding hydrogens is 573 g/mol. The fourth-order valence-corrected chi connectivity index (χ4v) is 6.19. The summed E-state index contributed by atoms with van der Waals surface area (Å²) in [6.07, 6.45) is 4.44. The number of hydrogen-bond donors (Lipinski definition) is 0. The molecule has 0 unspecified atom stereocenters. The van der Waals surface area contributed by atoms with Gasteiger partial charge in [0.1, 0.15) is 22.2 Å². The first-order valence-electron chi connectivity index (χ1n) is 12.2. The van der Waals surface area contributed by atoms with Crippen molar-refractivity contribution in [2.45, 2.75) is 19.9 Å². The number of nitriles is 1. The van der Waals surface area contributed by atoms with E-state index in [2.05, 4.69) is 15.0 Å². The van der Waals surface area contributed by atoms with Gasteiger partial charge in [0, 0.05) is 31.0 Å². The van der Waals surface area contributed by atoms with Crippen molar-refractivity contribution in [3.05, 3.63) is 74.4 Å². The van der Waals surface area contributed by atoms with Crippen molar-refractivity contribution in [3.63, 3.8) is 0 Å². The number of aromatic nitrogens is 6. The number of pyridine rings is 1. The Bertz CT molecular complexity index is 2170. The van der Waals surface area contributed by atoms with Crippen LogP contribution in [0.1, 0.15) is 12.3 Å². The van der Waals surface area contributed by atoms with E-state index in [1.165, 1.54) is 36.4 Å². The van der Waals surface area contributed by atoms with Crippen molar-refractivity contribution in [1.29, 1.82) is 5.26 Å². The largest absolute Gasteiger partial charge is 0.494 e. The van der Waals surface area contributed by atoms with Crippen molar-refractivity contribution in [2.75, 3.05) is 7.11 Å². The molecule has 1 aromatic carbocycles. The lowest BCUT2D eigenvalue weighted by Crippen LogP contribution is -2.38. The molecule has 6 aromatic rings. The van der Waals surface area contributed by atoms with Gasteiger partial charge in [-0.05, 0) is 18.2 Å². The molecule has 0 saturated carbocycles. The van der Waals surface area contributed by atoms with Gasteiger partial charge in [0.25, 0.3) is 5.56 Å². The minimum absolute atomic E-state index is 0.0202. The van der Waals surface area contributed by atoms with E-state index in [1.807, 2.05) is 6.07 Å². The average Bonchev–Trinajstić information content (AvgIpc) is 3.66. The zero-order valence-electron chi connectivity index (χ0n) is 21.8. The maximum absolute atomic E-state index is 14.2. The second kappa shape index (κ2) is 9.99. The average molecular weight is 592 g/mol. The first-order chi connectivity index (χ1) is 19.7. The Morgan fingerprint density at radius 3 is 2.73 bits per heavy atom. The molecular formula is C27H19ClFN7O4S. The first kappa shape index (κ1) is 26.4. The number of rotatable bonds is 6. The van der Waals surface area contributed by atoms with Gasteiger partial charge in [0.05, 0.1) is 53.7 Å². The molecule has 41 heavy (non-hydrogen) atoms. The molecule has 0 aliphatic rings. The quantitative estimate of drug-likeness (QED) is 0.269. The number of halogens is 2. The number of imidazole rings is 1. The molecule has 0 aliphatic heterocycles. The Morgan fingerprint density at radius 2 is 2.02 bits per heavy atom. The molecule has 11 nitrogen and oxygen atoms in total. The molecule has 0 spiro atoms. The molecule has 5 aromatic heterocycles. The van der Waals surface area contributed by atoms with Crippen molar-refractivity contribution >= 4 is 44.2 Å². The number of aryl methyl sites for hydroxylation is 3. The van der Waals surface area contributed by atoms with Gasteiger partial charge in [-0.1, -0.05) is 11.6 Å². The monoisotopic (exact) mass is 591 g/mol. The third-order valence-electron chi connectivity index (χ3n) is 6.62. The number of thiophene rings is 1. The molecule has 0 radical (unpaired) electrons. The Balaban J connectivity index is 1.65. The molecule has 0 bridgehead atoms. The van der Waals surface area contributed by atoms with Crippen LogP contribution in [0.4, 0.5) is 4.39 Å². The topological polar surface area (TPSA) is 134 Å². The number of hydrogen-bond acceptors (Lipinski definition) is 9. The minimum atomic E-state index is -0.654. The Kier molecular flexibility index (Phi) is 6.44. The van der Waals surface area contributed by atoms with Gasteiger partial charge in [-0.2, -0.15) is 5.26 Å². The summed E-state index contributed by atoms with van der Waals surface area (Å²) in [5.74, 6) is 0.268. The highest BCUT2D eigenvalue weighted by molar-refractivity contribution is 7.22. The molecule has 0 N–H and O–H groups in total. The lowest BCUT2D eigenvalue weighted by Gasteiger charge is -2.12. The molecule has 6 rings (SSSR count). The second-order valence-corrected chi connectivity index (χ2v) is 10.5. The predicted octanol–water partition coefficient (Wildman–Crippen LogP) is 4.84. The SMILES string of the molecule is COc1cc(-c2cc3c(s2)c(=O)n(-c2cncc4nc(-c5coc(C)n5)n(C)c24)c(=O)n3CCC#N)c(Cl)cc1F. The van der Waals surface area contributed by atoms with Crippen LogP contribution in [-0.2, 0) is 13.6 Å². The summed E-state index contributed by atoms with van der Waals surface area (Å²) in [6.45, 7) is 1.74. The molecule has 206 valence electrons. The molecule has 0 amide bonds. The lowest BCUT2D eigenvalue weighted by molar-refractivity contribution is 0.387. The maximum atomic E-state index is 14.2. The predicted molar refractivity (Wildman–Crippen MR) is 151 cm³/mol. The number of benzene rings is 1. The number of methoxy groups -OCH3 is 1. The third-order valence-corrected chi connectivity index (χ3v) is 8.08. The van der Waals surface area contributed by atoms with E-state index in [4.69, 9.17) is 20.8 Å². The Hall–Kier alpha value is -4.80. The number of ether oxygens (including phenoxy) is 1. The highest BCUT2D eigenvalue weighted by atomic mass is 35.5. The smallest absolute Gasteiger partial charge is 0.336 e. The third kappa shape index (κ3) is 4.19. The maximum Gasteiger partial charge on any atom is 0.336 e. The standard InChI is InChI=1S/C27H19ClFN7O4S/c1-13-32-18(12-40-13)25-33-17-10-31-11-20(23(17)34(25)2)36-26(37)24-19(35(27(36)38)6-4-5-30)9-22(41-24)14-7-21(39-3)16(29)8-15(14)28/h7-12H,4,6H2,1-3H3. The van der Waals surface area contributed by atoms with Crippen molar-refractivity contribution in [1.82, 2.24) is 28.7 Å². The van der Waals surface area contributed by atoms with Crippen LogP contribution in [0.2, 0.25) is 5.02 Å². The van der Waals surface area contributed by atoms with E-state index in [0.717, 1.165) is 22.0 Å². The summed E-state index contributed by atoms with van der Waals surface area (Å²) < 4.78 is 29.0. The summed E-state index contributed by atoms with van der Waals surface area (Å²) in [4.78, 5) is 41.7. The Morgan fingerprint density at radius 1 is 1.22 bits per heavy atom. The highest BCUT2D eigenvalue weighted by Crippen LogP contribution is 2.39. The van der Waals surface area contributed by atoms with Gasteiger partial charge in [-0.25, -0.2) is 23.7 Å². The molecule has 0 atom stereocenters. The first-order valence-corrected chi connectivity index (χ1v) is 13.4. The zero-order chi connectivity index (χ0) is 29.0. The summed E-state index contributed by atoms with van der Waals surface area (Å²) in [5, 5.41) is 9.40. The summed E-state index contributed by atoms with van der Waals surface area (Å²) in [5.41, 5.74) is 1.12. The summed E-state index contributed by atoms with van der Waals surface area (Å²) >= 11 is 7.46. The van der Waals surface area contributed by atoms with Crippen molar-refractivity contribution in [3.8, 4) is 39.5 Å². The van der Waals surface area contributed by atoms with Gasteiger partial charge < -0.3 is 13.7 Å². The molecule has 14 heteroatoms. The number of oxazole rings is 1. The van der Waals surface area contributed by atoms with E-state index in [0.29, 0.717) is 44.4 Å². The van der Waals surface area contributed by atoms with Gasteiger partial charge in [-0.15, -0.1) is 11.3 Å². The molecule has 0 aliphatic carbocycles. The van der Waals surface area contributed by atoms with Crippen LogP contribution in [0.25, 0.3) is 48.9 Å². The van der Waals surface area contributed by atoms with Crippen LogP contribution in [0, 0.1) is 24.1 Å². The van der Waals surface area contributed by atoms with E-state index in [1.54, 1.807) is 24.6 Å².